The summed E-state index contributed by atoms with van der Waals surface area (Å²) in [5.74, 6) is 0. The van der Waals surface area contributed by atoms with Gasteiger partial charge in [0.1, 0.15) is 0 Å². The van der Waals surface area contributed by atoms with E-state index in [1.54, 1.807) is 18.5 Å². The summed E-state index contributed by atoms with van der Waals surface area (Å²) in [5, 5.41) is 0. The number of aromatic nitrogens is 2. The predicted molar refractivity (Wildman–Crippen MR) is 51.6 cm³/mol. The summed E-state index contributed by atoms with van der Waals surface area (Å²) >= 11 is 0. The van der Waals surface area contributed by atoms with Crippen LogP contribution in [0.25, 0.3) is 0 Å². The lowest BCUT2D eigenvalue weighted by molar-refractivity contribution is 0.229. The van der Waals surface area contributed by atoms with Crippen LogP contribution in [0.4, 0.5) is 0 Å². The number of hydrogen-bond acceptors (Lipinski definition) is 3. The molecule has 72 valence electrons. The normalized spacial score (nSPS) is 11.3. The molecule has 0 aliphatic heterocycles. The SMILES string of the molecule is CC(C)(C)CCOc1ncccn1. The van der Waals surface area contributed by atoms with Crippen LogP contribution >= 0.6 is 0 Å². The zero-order valence-electron chi connectivity index (χ0n) is 8.45. The second-order valence-corrected chi connectivity index (χ2v) is 4.19. The Labute approximate surface area is 79.2 Å². The molecule has 1 aromatic heterocycles. The second-order valence-electron chi connectivity index (χ2n) is 4.19. The van der Waals surface area contributed by atoms with E-state index in [1.165, 1.54) is 0 Å². The summed E-state index contributed by atoms with van der Waals surface area (Å²) in [6.07, 6.45) is 4.37. The highest BCUT2D eigenvalue weighted by molar-refractivity contribution is 4.93. The highest BCUT2D eigenvalue weighted by atomic mass is 16.5. The monoisotopic (exact) mass is 180 g/mol. The molecule has 0 amide bonds. The predicted octanol–water partition coefficient (Wildman–Crippen LogP) is 2.29. The van der Waals surface area contributed by atoms with Crippen LogP contribution in [0.3, 0.4) is 0 Å². The van der Waals surface area contributed by atoms with Crippen molar-refractivity contribution in [2.24, 2.45) is 5.41 Å². The fraction of sp³-hybridized carbons (Fsp3) is 0.600. The van der Waals surface area contributed by atoms with Crippen LogP contribution in [0.5, 0.6) is 6.01 Å². The zero-order valence-corrected chi connectivity index (χ0v) is 8.45. The molecular formula is C10H16N2O. The van der Waals surface area contributed by atoms with E-state index in [4.69, 9.17) is 4.74 Å². The summed E-state index contributed by atoms with van der Waals surface area (Å²) in [7, 11) is 0. The van der Waals surface area contributed by atoms with Gasteiger partial charge in [-0.3, -0.25) is 0 Å². The van der Waals surface area contributed by atoms with Gasteiger partial charge in [0.2, 0.25) is 0 Å². The van der Waals surface area contributed by atoms with Crippen LogP contribution in [-0.2, 0) is 0 Å². The highest BCUT2D eigenvalue weighted by Crippen LogP contribution is 2.18. The van der Waals surface area contributed by atoms with Gasteiger partial charge in [0.15, 0.2) is 0 Å². The summed E-state index contributed by atoms with van der Waals surface area (Å²) in [6.45, 7) is 7.22. The molecule has 1 aromatic rings. The van der Waals surface area contributed by atoms with E-state index < -0.39 is 0 Å². The van der Waals surface area contributed by atoms with Gasteiger partial charge in [-0.05, 0) is 17.9 Å². The second kappa shape index (κ2) is 4.21. The number of hydrogen-bond donors (Lipinski definition) is 0. The average molecular weight is 180 g/mol. The maximum atomic E-state index is 5.36. The molecule has 0 spiro atoms. The molecule has 0 aliphatic rings. The first-order valence-electron chi connectivity index (χ1n) is 4.48. The summed E-state index contributed by atoms with van der Waals surface area (Å²) in [6, 6.07) is 2.24. The van der Waals surface area contributed by atoms with Gasteiger partial charge in [0, 0.05) is 12.4 Å². The first-order valence-corrected chi connectivity index (χ1v) is 4.48. The van der Waals surface area contributed by atoms with E-state index in [0.717, 1.165) is 6.42 Å². The number of ether oxygens (including phenoxy) is 1. The minimum atomic E-state index is 0.300. The van der Waals surface area contributed by atoms with Gasteiger partial charge in [0.25, 0.3) is 0 Å². The molecule has 0 atom stereocenters. The maximum absolute atomic E-state index is 5.36. The van der Waals surface area contributed by atoms with E-state index >= 15 is 0 Å². The standard InChI is InChI=1S/C10H16N2O/c1-10(2,3)5-8-13-9-11-6-4-7-12-9/h4,6-7H,5,8H2,1-3H3. The number of nitrogens with zero attached hydrogens (tertiary/aromatic N) is 2. The van der Waals surface area contributed by atoms with Crippen molar-refractivity contribution in [3.63, 3.8) is 0 Å². The minimum absolute atomic E-state index is 0.300. The Hall–Kier alpha value is -1.12. The van der Waals surface area contributed by atoms with Crippen molar-refractivity contribution in [3.05, 3.63) is 18.5 Å². The third kappa shape index (κ3) is 4.45. The molecule has 0 N–H and O–H groups in total. The van der Waals surface area contributed by atoms with Crippen LogP contribution in [0, 0.1) is 5.41 Å². The fourth-order valence-electron chi connectivity index (χ4n) is 0.808. The third-order valence-electron chi connectivity index (χ3n) is 1.63. The maximum Gasteiger partial charge on any atom is 0.316 e. The van der Waals surface area contributed by atoms with E-state index in [-0.39, 0.29) is 0 Å². The van der Waals surface area contributed by atoms with Crippen LogP contribution in [0.1, 0.15) is 27.2 Å². The lowest BCUT2D eigenvalue weighted by Gasteiger charge is -2.17. The Kier molecular flexibility index (Phi) is 3.23. The topological polar surface area (TPSA) is 35.0 Å². The van der Waals surface area contributed by atoms with Gasteiger partial charge in [-0.2, -0.15) is 0 Å². The van der Waals surface area contributed by atoms with Gasteiger partial charge < -0.3 is 4.74 Å². The Morgan fingerprint density at radius 1 is 1.23 bits per heavy atom. The van der Waals surface area contributed by atoms with Gasteiger partial charge >= 0.3 is 6.01 Å². The first-order chi connectivity index (χ1) is 6.08. The molecule has 0 aromatic carbocycles. The smallest absolute Gasteiger partial charge is 0.316 e. The molecule has 0 fully saturated rings. The Balaban J connectivity index is 2.29. The van der Waals surface area contributed by atoms with Crippen LogP contribution in [0.15, 0.2) is 18.5 Å². The zero-order chi connectivity index (χ0) is 9.73. The summed E-state index contributed by atoms with van der Waals surface area (Å²) in [5.41, 5.74) is 0.300. The molecule has 3 nitrogen and oxygen atoms in total. The molecule has 0 saturated heterocycles. The van der Waals surface area contributed by atoms with Gasteiger partial charge in [0.05, 0.1) is 6.61 Å². The van der Waals surface area contributed by atoms with E-state index in [9.17, 15) is 0 Å². The van der Waals surface area contributed by atoms with E-state index in [2.05, 4.69) is 30.7 Å². The molecule has 0 saturated carbocycles. The summed E-state index contributed by atoms with van der Waals surface area (Å²) < 4.78 is 5.36. The van der Waals surface area contributed by atoms with E-state index in [0.29, 0.717) is 18.0 Å². The molecule has 0 aliphatic carbocycles. The lowest BCUT2D eigenvalue weighted by Crippen LogP contribution is -2.11. The molecule has 1 rings (SSSR count). The average Bonchev–Trinajstić information content (AvgIpc) is 2.04. The minimum Gasteiger partial charge on any atom is -0.463 e. The van der Waals surface area contributed by atoms with Crippen LogP contribution in [-0.4, -0.2) is 16.6 Å². The van der Waals surface area contributed by atoms with Gasteiger partial charge in [-0.1, -0.05) is 20.8 Å². The number of rotatable bonds is 3. The molecule has 0 radical (unpaired) electrons. The quantitative estimate of drug-likeness (QED) is 0.715. The Morgan fingerprint density at radius 2 is 1.85 bits per heavy atom. The molecule has 0 bridgehead atoms. The van der Waals surface area contributed by atoms with E-state index in [1.807, 2.05) is 0 Å². The molecule has 3 heteroatoms. The van der Waals surface area contributed by atoms with Crippen LogP contribution in [0.2, 0.25) is 0 Å². The van der Waals surface area contributed by atoms with Crippen LogP contribution < -0.4 is 4.74 Å². The molecular weight excluding hydrogens is 164 g/mol. The van der Waals surface area contributed by atoms with Crippen molar-refractivity contribution in [1.82, 2.24) is 9.97 Å². The first kappa shape index (κ1) is 9.96. The highest BCUT2D eigenvalue weighted by Gasteiger charge is 2.09. The molecule has 13 heavy (non-hydrogen) atoms. The summed E-state index contributed by atoms with van der Waals surface area (Å²) in [4.78, 5) is 7.93. The molecule has 1 heterocycles. The van der Waals surface area contributed by atoms with Crippen molar-refractivity contribution in [1.29, 1.82) is 0 Å². The Bertz CT molecular complexity index is 241. The third-order valence-corrected chi connectivity index (χ3v) is 1.63. The van der Waals surface area contributed by atoms with Crippen molar-refractivity contribution in [3.8, 4) is 6.01 Å². The fourth-order valence-corrected chi connectivity index (χ4v) is 0.808. The van der Waals surface area contributed by atoms with Gasteiger partial charge in [-0.25, -0.2) is 9.97 Å². The lowest BCUT2D eigenvalue weighted by atomic mass is 9.93. The molecule has 0 unspecified atom stereocenters. The Morgan fingerprint density at radius 3 is 2.38 bits per heavy atom. The van der Waals surface area contributed by atoms with Crippen molar-refractivity contribution in [2.45, 2.75) is 27.2 Å². The van der Waals surface area contributed by atoms with Gasteiger partial charge in [-0.15, -0.1) is 0 Å². The van der Waals surface area contributed by atoms with Crippen molar-refractivity contribution >= 4 is 0 Å². The van der Waals surface area contributed by atoms with Crippen molar-refractivity contribution < 1.29 is 4.74 Å². The van der Waals surface area contributed by atoms with Crippen molar-refractivity contribution in [2.75, 3.05) is 6.61 Å². The largest absolute Gasteiger partial charge is 0.463 e.